The van der Waals surface area contributed by atoms with Crippen LogP contribution in [0.4, 0.5) is 4.39 Å². The highest BCUT2D eigenvalue weighted by molar-refractivity contribution is 5.94. The smallest absolute Gasteiger partial charge is 0.253 e. The predicted molar refractivity (Wildman–Crippen MR) is 132 cm³/mol. The van der Waals surface area contributed by atoms with Crippen LogP contribution in [0.1, 0.15) is 41.1 Å². The summed E-state index contributed by atoms with van der Waals surface area (Å²) in [6, 6.07) is 15.6. The molecule has 0 aliphatic rings. The van der Waals surface area contributed by atoms with Crippen molar-refractivity contribution in [2.45, 2.75) is 32.3 Å². The number of aryl methyl sites for hydroxylation is 2. The van der Waals surface area contributed by atoms with E-state index in [-0.39, 0.29) is 11.7 Å². The molecule has 1 amide bonds. The molecule has 0 unspecified atom stereocenters. The fraction of sp³-hybridized carbons (Fsp3) is 0.296. The summed E-state index contributed by atoms with van der Waals surface area (Å²) in [5, 5.41) is 7.32. The van der Waals surface area contributed by atoms with E-state index in [1.807, 2.05) is 49.1 Å². The van der Waals surface area contributed by atoms with Crippen LogP contribution in [-0.4, -0.2) is 44.1 Å². The van der Waals surface area contributed by atoms with Gasteiger partial charge in [0, 0.05) is 49.9 Å². The van der Waals surface area contributed by atoms with Gasteiger partial charge in [-0.1, -0.05) is 18.6 Å². The van der Waals surface area contributed by atoms with Crippen molar-refractivity contribution in [1.82, 2.24) is 24.6 Å². The minimum atomic E-state index is -0.268. The van der Waals surface area contributed by atoms with Gasteiger partial charge in [-0.2, -0.15) is 5.10 Å². The number of hydrogen-bond acceptors (Lipinski definition) is 4. The molecule has 35 heavy (non-hydrogen) atoms. The molecular weight excluding hydrogens is 445 g/mol. The van der Waals surface area contributed by atoms with Gasteiger partial charge in [-0.15, -0.1) is 0 Å². The number of hydrogen-bond donors (Lipinski definition) is 1. The van der Waals surface area contributed by atoms with E-state index in [9.17, 15) is 9.18 Å². The monoisotopic (exact) mass is 475 g/mol. The number of rotatable bonds is 11. The molecule has 8 heteroatoms. The summed E-state index contributed by atoms with van der Waals surface area (Å²) >= 11 is 0. The highest BCUT2D eigenvalue weighted by Gasteiger charge is 2.12. The van der Waals surface area contributed by atoms with Crippen molar-refractivity contribution in [2.24, 2.45) is 7.05 Å². The highest BCUT2D eigenvalue weighted by atomic mass is 19.1. The van der Waals surface area contributed by atoms with Crippen LogP contribution < -0.4 is 4.74 Å². The third-order valence-corrected chi connectivity index (χ3v) is 5.93. The Kier molecular flexibility index (Phi) is 7.92. The van der Waals surface area contributed by atoms with E-state index in [0.29, 0.717) is 24.5 Å². The Balaban J connectivity index is 1.17. The SMILES string of the molecule is CN(CCCCCc1cc(-c2cccc(F)c2)n[nH]1)C(=O)c1ccc(OCc2nccn2C)cc1. The average molecular weight is 476 g/mol. The van der Waals surface area contributed by atoms with Gasteiger partial charge in [0.1, 0.15) is 24.0 Å². The number of aromatic nitrogens is 4. The zero-order valence-electron chi connectivity index (χ0n) is 20.1. The van der Waals surface area contributed by atoms with Crippen LogP contribution in [0.5, 0.6) is 5.75 Å². The molecule has 0 fully saturated rings. The molecule has 182 valence electrons. The second-order valence-corrected chi connectivity index (χ2v) is 8.59. The maximum absolute atomic E-state index is 13.4. The number of benzene rings is 2. The molecule has 0 spiro atoms. The van der Waals surface area contributed by atoms with Crippen LogP contribution in [0.15, 0.2) is 67.0 Å². The van der Waals surface area contributed by atoms with Crippen LogP contribution in [0.25, 0.3) is 11.3 Å². The lowest BCUT2D eigenvalue weighted by atomic mass is 10.1. The number of nitrogens with one attached hydrogen (secondary N) is 1. The van der Waals surface area contributed by atoms with Gasteiger partial charge in [0.05, 0.1) is 5.69 Å². The largest absolute Gasteiger partial charge is 0.486 e. The van der Waals surface area contributed by atoms with Crippen molar-refractivity contribution in [3.8, 4) is 17.0 Å². The van der Waals surface area contributed by atoms with Gasteiger partial charge in [0.2, 0.25) is 0 Å². The van der Waals surface area contributed by atoms with Crippen molar-refractivity contribution in [3.05, 3.63) is 89.9 Å². The number of ether oxygens (including phenoxy) is 1. The van der Waals surface area contributed by atoms with Gasteiger partial charge < -0.3 is 14.2 Å². The number of imidazole rings is 1. The summed E-state index contributed by atoms with van der Waals surface area (Å²) in [4.78, 5) is 18.7. The van der Waals surface area contributed by atoms with Crippen LogP contribution in [-0.2, 0) is 20.1 Å². The Morgan fingerprint density at radius 3 is 2.69 bits per heavy atom. The lowest BCUT2D eigenvalue weighted by molar-refractivity contribution is 0.0792. The minimum Gasteiger partial charge on any atom is -0.486 e. The second kappa shape index (κ2) is 11.5. The average Bonchev–Trinajstić information content (AvgIpc) is 3.51. The Morgan fingerprint density at radius 1 is 1.11 bits per heavy atom. The summed E-state index contributed by atoms with van der Waals surface area (Å²) < 4.78 is 21.1. The predicted octanol–water partition coefficient (Wildman–Crippen LogP) is 5.01. The Bertz CT molecular complexity index is 1250. The summed E-state index contributed by atoms with van der Waals surface area (Å²) in [6.45, 7) is 1.06. The van der Waals surface area contributed by atoms with Gasteiger partial charge in [0.25, 0.3) is 5.91 Å². The molecule has 0 saturated heterocycles. The molecule has 0 aliphatic heterocycles. The molecule has 2 heterocycles. The van der Waals surface area contributed by atoms with E-state index < -0.39 is 0 Å². The van der Waals surface area contributed by atoms with Gasteiger partial charge in [0.15, 0.2) is 0 Å². The first-order chi connectivity index (χ1) is 17.0. The molecule has 2 aromatic carbocycles. The third-order valence-electron chi connectivity index (χ3n) is 5.93. The van der Waals surface area contributed by atoms with Crippen LogP contribution in [0.2, 0.25) is 0 Å². The summed E-state index contributed by atoms with van der Waals surface area (Å²) in [6.07, 6.45) is 7.36. The zero-order chi connectivity index (χ0) is 24.6. The van der Waals surface area contributed by atoms with Crippen LogP contribution in [0, 0.1) is 5.82 Å². The number of unbranched alkanes of at least 4 members (excludes halogenated alkanes) is 2. The minimum absolute atomic E-state index is 0.00560. The summed E-state index contributed by atoms with van der Waals surface area (Å²) in [5.74, 6) is 1.26. The highest BCUT2D eigenvalue weighted by Crippen LogP contribution is 2.20. The van der Waals surface area contributed by atoms with E-state index in [1.165, 1.54) is 12.1 Å². The first-order valence-electron chi connectivity index (χ1n) is 11.7. The van der Waals surface area contributed by atoms with Crippen LogP contribution in [0.3, 0.4) is 0 Å². The zero-order valence-corrected chi connectivity index (χ0v) is 20.1. The standard InChI is InChI=1S/C27H30FN5O2/c1-32-16-14-29-26(32)19-35-24-12-10-20(11-13-24)27(34)33(2)15-5-3-4-9-23-18-25(31-30-23)21-7-6-8-22(28)17-21/h6-8,10-14,16-18H,3-5,9,15,19H2,1-2H3,(H,30,31). The number of halogens is 1. The van der Waals surface area contributed by atoms with Crippen molar-refractivity contribution in [2.75, 3.05) is 13.6 Å². The quantitative estimate of drug-likeness (QED) is 0.309. The molecule has 4 aromatic rings. The molecule has 7 nitrogen and oxygen atoms in total. The molecule has 0 bridgehead atoms. The Hall–Kier alpha value is -3.94. The number of H-pyrrole nitrogens is 1. The van der Waals surface area contributed by atoms with Gasteiger partial charge in [-0.05, 0) is 61.7 Å². The van der Waals surface area contributed by atoms with Crippen molar-refractivity contribution >= 4 is 5.91 Å². The van der Waals surface area contributed by atoms with E-state index in [0.717, 1.165) is 48.5 Å². The van der Waals surface area contributed by atoms with E-state index in [1.54, 1.807) is 29.3 Å². The molecule has 0 radical (unpaired) electrons. The van der Waals surface area contributed by atoms with Crippen LogP contribution >= 0.6 is 0 Å². The lowest BCUT2D eigenvalue weighted by Gasteiger charge is -2.17. The fourth-order valence-corrected chi connectivity index (χ4v) is 3.83. The molecular formula is C27H30FN5O2. The first kappa shape index (κ1) is 24.2. The summed E-state index contributed by atoms with van der Waals surface area (Å²) in [5.41, 5.74) is 3.18. The Morgan fingerprint density at radius 2 is 1.94 bits per heavy atom. The lowest BCUT2D eigenvalue weighted by Crippen LogP contribution is -2.27. The van der Waals surface area contributed by atoms with Crippen molar-refractivity contribution in [1.29, 1.82) is 0 Å². The topological polar surface area (TPSA) is 76.0 Å². The van der Waals surface area contributed by atoms with Gasteiger partial charge in [-0.3, -0.25) is 9.89 Å². The molecule has 0 atom stereocenters. The number of carbonyl (C=O) groups is 1. The van der Waals surface area contributed by atoms with E-state index >= 15 is 0 Å². The molecule has 4 rings (SSSR count). The number of amides is 1. The third kappa shape index (κ3) is 6.56. The number of nitrogens with zero attached hydrogens (tertiary/aromatic N) is 4. The second-order valence-electron chi connectivity index (χ2n) is 8.59. The number of aromatic amines is 1. The van der Waals surface area contributed by atoms with Gasteiger partial charge >= 0.3 is 0 Å². The van der Waals surface area contributed by atoms with Crippen molar-refractivity contribution in [3.63, 3.8) is 0 Å². The van der Waals surface area contributed by atoms with E-state index in [4.69, 9.17) is 4.74 Å². The molecule has 0 aliphatic carbocycles. The first-order valence-corrected chi connectivity index (χ1v) is 11.7. The number of carbonyl (C=O) groups excluding carboxylic acids is 1. The maximum Gasteiger partial charge on any atom is 0.253 e. The van der Waals surface area contributed by atoms with Crippen molar-refractivity contribution < 1.29 is 13.9 Å². The van der Waals surface area contributed by atoms with E-state index in [2.05, 4.69) is 15.2 Å². The fourth-order valence-electron chi connectivity index (χ4n) is 3.83. The summed E-state index contributed by atoms with van der Waals surface area (Å²) in [7, 11) is 3.75. The maximum atomic E-state index is 13.4. The van der Waals surface area contributed by atoms with Gasteiger partial charge in [-0.25, -0.2) is 9.37 Å². The molecule has 0 saturated carbocycles. The normalized spacial score (nSPS) is 10.9. The molecule has 2 aromatic heterocycles. The molecule has 1 N–H and O–H groups in total. The Labute approximate surface area is 204 Å².